The summed E-state index contributed by atoms with van der Waals surface area (Å²) in [6, 6.07) is 10.9. The van der Waals surface area contributed by atoms with E-state index in [1.165, 1.54) is 34.4 Å². The number of aromatic nitrogens is 2. The van der Waals surface area contributed by atoms with Gasteiger partial charge in [0.1, 0.15) is 28.7 Å². The number of methoxy groups -OCH3 is 2. The first-order valence-corrected chi connectivity index (χ1v) is 11.0. The first-order valence-electron chi connectivity index (χ1n) is 10.1. The Hall–Kier alpha value is -3.72. The molecular weight excluding hydrogens is 445 g/mol. The molecule has 2 heterocycles. The number of nitrogens with one attached hydrogen (secondary N) is 1. The molecule has 1 N–H and O–H groups in total. The minimum absolute atomic E-state index is 0.197. The van der Waals surface area contributed by atoms with Crippen molar-refractivity contribution in [3.8, 4) is 22.6 Å². The van der Waals surface area contributed by atoms with Gasteiger partial charge in [-0.1, -0.05) is 12.1 Å². The van der Waals surface area contributed by atoms with Crippen LogP contribution in [0.15, 0.2) is 59.0 Å². The highest BCUT2D eigenvalue weighted by Crippen LogP contribution is 2.31. The van der Waals surface area contributed by atoms with Gasteiger partial charge in [0.05, 0.1) is 32.0 Å². The Labute approximate surface area is 193 Å². The number of thiophene rings is 1. The number of fused-ring (bicyclic) bond motifs is 1. The van der Waals surface area contributed by atoms with E-state index in [-0.39, 0.29) is 29.9 Å². The van der Waals surface area contributed by atoms with Gasteiger partial charge in [-0.05, 0) is 42.8 Å². The van der Waals surface area contributed by atoms with Crippen LogP contribution in [0.4, 0.5) is 4.39 Å². The molecule has 4 rings (SSSR count). The third kappa shape index (κ3) is 4.58. The van der Waals surface area contributed by atoms with Crippen molar-refractivity contribution in [3.63, 3.8) is 0 Å². The minimum atomic E-state index is -0.383. The largest absolute Gasteiger partial charge is 0.497 e. The third-order valence-electron chi connectivity index (χ3n) is 5.31. The van der Waals surface area contributed by atoms with Crippen molar-refractivity contribution in [3.05, 3.63) is 75.9 Å². The maximum atomic E-state index is 13.3. The number of hydrogen-bond donors (Lipinski definition) is 1. The molecule has 33 heavy (non-hydrogen) atoms. The van der Waals surface area contributed by atoms with Crippen molar-refractivity contribution in [1.29, 1.82) is 0 Å². The summed E-state index contributed by atoms with van der Waals surface area (Å²) in [4.78, 5) is 30.8. The van der Waals surface area contributed by atoms with Gasteiger partial charge in [0.2, 0.25) is 5.91 Å². The Morgan fingerprint density at radius 3 is 2.64 bits per heavy atom. The van der Waals surface area contributed by atoms with Crippen LogP contribution in [-0.4, -0.2) is 29.7 Å². The predicted octanol–water partition coefficient (Wildman–Crippen LogP) is 4.16. The molecule has 0 radical (unpaired) electrons. The quantitative estimate of drug-likeness (QED) is 0.441. The summed E-state index contributed by atoms with van der Waals surface area (Å²) >= 11 is 1.33. The second-order valence-electron chi connectivity index (χ2n) is 7.41. The molecule has 0 spiro atoms. The highest BCUT2D eigenvalue weighted by molar-refractivity contribution is 7.17. The van der Waals surface area contributed by atoms with E-state index in [0.717, 1.165) is 5.56 Å². The Bertz CT molecular complexity index is 1360. The molecule has 4 aromatic rings. The number of carbonyl (C=O) groups is 1. The smallest absolute Gasteiger partial charge is 0.263 e. The van der Waals surface area contributed by atoms with Gasteiger partial charge in [-0.15, -0.1) is 11.3 Å². The number of nitrogens with zero attached hydrogens (tertiary/aromatic N) is 2. The van der Waals surface area contributed by atoms with E-state index in [4.69, 9.17) is 9.47 Å². The average molecular weight is 468 g/mol. The van der Waals surface area contributed by atoms with Crippen molar-refractivity contribution < 1.29 is 18.7 Å². The molecule has 0 aliphatic rings. The molecule has 0 aliphatic heterocycles. The van der Waals surface area contributed by atoms with E-state index < -0.39 is 0 Å². The zero-order chi connectivity index (χ0) is 23.5. The maximum Gasteiger partial charge on any atom is 0.263 e. The van der Waals surface area contributed by atoms with Crippen LogP contribution >= 0.6 is 11.3 Å². The Morgan fingerprint density at radius 1 is 1.18 bits per heavy atom. The van der Waals surface area contributed by atoms with E-state index in [1.54, 1.807) is 44.6 Å². The van der Waals surface area contributed by atoms with Gasteiger partial charge in [0.25, 0.3) is 5.56 Å². The topological polar surface area (TPSA) is 82.4 Å². The molecule has 7 nitrogen and oxygen atoms in total. The molecular formula is C24H22FN3O4S. The fourth-order valence-corrected chi connectivity index (χ4v) is 4.53. The second kappa shape index (κ2) is 9.41. The van der Waals surface area contributed by atoms with E-state index in [0.29, 0.717) is 32.8 Å². The lowest BCUT2D eigenvalue weighted by Crippen LogP contribution is -2.34. The van der Waals surface area contributed by atoms with E-state index >= 15 is 0 Å². The van der Waals surface area contributed by atoms with Crippen molar-refractivity contribution in [2.24, 2.45) is 0 Å². The molecule has 170 valence electrons. The number of halogens is 1. The summed E-state index contributed by atoms with van der Waals surface area (Å²) in [5, 5.41) is 5.11. The minimum Gasteiger partial charge on any atom is -0.497 e. The number of hydrogen-bond acceptors (Lipinski definition) is 6. The summed E-state index contributed by atoms with van der Waals surface area (Å²) < 4.78 is 25.2. The molecule has 0 fully saturated rings. The molecule has 1 unspecified atom stereocenters. The SMILES string of the molecule is COc1ccc(OC)c(C(C)NC(=O)Cn2cnc3scc(-c4ccc(F)cc4)c3c2=O)c1. The second-order valence-corrected chi connectivity index (χ2v) is 8.27. The van der Waals surface area contributed by atoms with Gasteiger partial charge in [-0.3, -0.25) is 14.2 Å². The highest BCUT2D eigenvalue weighted by Gasteiger charge is 2.18. The van der Waals surface area contributed by atoms with Gasteiger partial charge in [-0.25, -0.2) is 9.37 Å². The molecule has 1 atom stereocenters. The molecule has 0 saturated heterocycles. The lowest BCUT2D eigenvalue weighted by molar-refractivity contribution is -0.122. The molecule has 1 amide bonds. The summed E-state index contributed by atoms with van der Waals surface area (Å²) in [6.45, 7) is 1.63. The lowest BCUT2D eigenvalue weighted by Gasteiger charge is -2.18. The van der Waals surface area contributed by atoms with E-state index in [1.807, 2.05) is 12.3 Å². The van der Waals surface area contributed by atoms with E-state index in [9.17, 15) is 14.0 Å². The Balaban J connectivity index is 1.59. The fraction of sp³-hybridized carbons (Fsp3) is 0.208. The monoisotopic (exact) mass is 467 g/mol. The molecule has 9 heteroatoms. The van der Waals surface area contributed by atoms with Crippen LogP contribution in [0.2, 0.25) is 0 Å². The number of rotatable bonds is 7. The van der Waals surface area contributed by atoms with Crippen molar-refractivity contribution >= 4 is 27.5 Å². The van der Waals surface area contributed by atoms with Gasteiger partial charge in [-0.2, -0.15) is 0 Å². The van der Waals surface area contributed by atoms with Crippen LogP contribution in [0.3, 0.4) is 0 Å². The summed E-state index contributed by atoms with van der Waals surface area (Å²) in [5.41, 5.74) is 1.80. The van der Waals surface area contributed by atoms with Crippen LogP contribution in [0, 0.1) is 5.82 Å². The lowest BCUT2D eigenvalue weighted by atomic mass is 10.1. The summed E-state index contributed by atoms with van der Waals surface area (Å²) in [7, 11) is 3.12. The third-order valence-corrected chi connectivity index (χ3v) is 6.20. The van der Waals surface area contributed by atoms with Gasteiger partial charge >= 0.3 is 0 Å². The predicted molar refractivity (Wildman–Crippen MR) is 125 cm³/mol. The zero-order valence-electron chi connectivity index (χ0n) is 18.3. The molecule has 2 aromatic heterocycles. The van der Waals surface area contributed by atoms with Crippen LogP contribution < -0.4 is 20.3 Å². The summed E-state index contributed by atoms with van der Waals surface area (Å²) in [6.07, 6.45) is 1.37. The van der Waals surface area contributed by atoms with Crippen molar-refractivity contribution in [2.75, 3.05) is 14.2 Å². The van der Waals surface area contributed by atoms with Gasteiger partial charge in [0, 0.05) is 16.5 Å². The maximum absolute atomic E-state index is 13.3. The van der Waals surface area contributed by atoms with Crippen LogP contribution in [-0.2, 0) is 11.3 Å². The fourth-order valence-electron chi connectivity index (χ4n) is 3.62. The standard InChI is InChI=1S/C24H22FN3O4S/c1-14(18-10-17(31-2)8-9-20(18)32-3)27-21(29)11-28-13-26-23-22(24(28)30)19(12-33-23)15-4-6-16(25)7-5-15/h4-10,12-14H,11H2,1-3H3,(H,27,29). The number of carbonyl (C=O) groups excluding carboxylic acids is 1. The Morgan fingerprint density at radius 2 is 1.94 bits per heavy atom. The van der Waals surface area contributed by atoms with Crippen LogP contribution in [0.1, 0.15) is 18.5 Å². The number of ether oxygens (including phenoxy) is 2. The highest BCUT2D eigenvalue weighted by atomic mass is 32.1. The average Bonchev–Trinajstić information content (AvgIpc) is 3.25. The molecule has 2 aromatic carbocycles. The molecule has 0 saturated carbocycles. The molecule has 0 bridgehead atoms. The number of benzene rings is 2. The van der Waals surface area contributed by atoms with Crippen LogP contribution in [0.25, 0.3) is 21.3 Å². The van der Waals surface area contributed by atoms with Gasteiger partial charge in [0.15, 0.2) is 0 Å². The van der Waals surface area contributed by atoms with Gasteiger partial charge < -0.3 is 14.8 Å². The summed E-state index contributed by atoms with van der Waals surface area (Å²) in [5.74, 6) is 0.552. The first kappa shape index (κ1) is 22.5. The van der Waals surface area contributed by atoms with Crippen molar-refractivity contribution in [2.45, 2.75) is 19.5 Å². The van der Waals surface area contributed by atoms with E-state index in [2.05, 4.69) is 10.3 Å². The normalized spacial score (nSPS) is 11.9. The van der Waals surface area contributed by atoms with Crippen molar-refractivity contribution in [1.82, 2.24) is 14.9 Å². The Kier molecular flexibility index (Phi) is 6.41. The first-order chi connectivity index (χ1) is 15.9. The molecule has 0 aliphatic carbocycles. The van der Waals surface area contributed by atoms with Crippen LogP contribution in [0.5, 0.6) is 11.5 Å². The zero-order valence-corrected chi connectivity index (χ0v) is 19.1. The number of amides is 1.